The van der Waals surface area contributed by atoms with Gasteiger partial charge in [-0.2, -0.15) is 0 Å². The van der Waals surface area contributed by atoms with Gasteiger partial charge in [-0.3, -0.25) is 14.8 Å². The van der Waals surface area contributed by atoms with Gasteiger partial charge in [-0.05, 0) is 24.8 Å². The minimum absolute atomic E-state index is 0.138. The zero-order chi connectivity index (χ0) is 22.0. The van der Waals surface area contributed by atoms with Crippen LogP contribution in [0.5, 0.6) is 0 Å². The summed E-state index contributed by atoms with van der Waals surface area (Å²) in [5, 5.41) is 19.1. The van der Waals surface area contributed by atoms with Gasteiger partial charge in [-0.25, -0.2) is 10.3 Å². The minimum Gasteiger partial charge on any atom is -0.465 e. The van der Waals surface area contributed by atoms with E-state index >= 15 is 0 Å². The van der Waals surface area contributed by atoms with Gasteiger partial charge in [0, 0.05) is 38.1 Å². The monoisotopic (exact) mass is 431 g/mol. The first kappa shape index (κ1) is 21.6. The summed E-state index contributed by atoms with van der Waals surface area (Å²) in [5.41, 5.74) is 2.87. The van der Waals surface area contributed by atoms with E-state index in [4.69, 9.17) is 4.74 Å². The number of likely N-dealkylation sites (tertiary alicyclic amines) is 2. The zero-order valence-electron chi connectivity index (χ0n) is 17.4. The molecule has 0 saturated carbocycles. The van der Waals surface area contributed by atoms with Crippen LogP contribution in [0.3, 0.4) is 0 Å². The molecule has 0 radical (unpaired) electrons. The third kappa shape index (κ3) is 4.24. The maximum Gasteiger partial charge on any atom is 0.407 e. The molecule has 168 valence electrons. The van der Waals surface area contributed by atoms with Crippen molar-refractivity contribution in [1.82, 2.24) is 15.3 Å². The van der Waals surface area contributed by atoms with Gasteiger partial charge in [0.05, 0.1) is 24.5 Å². The van der Waals surface area contributed by atoms with Crippen LogP contribution >= 0.6 is 0 Å². The molecule has 0 bridgehead atoms. The van der Waals surface area contributed by atoms with Gasteiger partial charge in [0.2, 0.25) is 11.8 Å². The molecule has 1 aromatic rings. The van der Waals surface area contributed by atoms with E-state index in [0.29, 0.717) is 32.7 Å². The topological polar surface area (TPSA) is 119 Å². The molecule has 3 fully saturated rings. The van der Waals surface area contributed by atoms with Crippen LogP contribution < -0.4 is 5.48 Å². The summed E-state index contributed by atoms with van der Waals surface area (Å²) >= 11 is 0. The van der Waals surface area contributed by atoms with Gasteiger partial charge in [-0.1, -0.05) is 30.3 Å². The number of piperidine rings is 1. The summed E-state index contributed by atoms with van der Waals surface area (Å²) < 4.78 is 5.45. The second-order valence-corrected chi connectivity index (χ2v) is 8.67. The van der Waals surface area contributed by atoms with Crippen molar-refractivity contribution in [1.29, 1.82) is 0 Å². The third-order valence-corrected chi connectivity index (χ3v) is 7.04. The molecule has 3 saturated heterocycles. The second kappa shape index (κ2) is 9.23. The molecular weight excluding hydrogens is 402 g/mol. The number of nitrogens with zero attached hydrogens (tertiary/aromatic N) is 2. The first-order valence-electron chi connectivity index (χ1n) is 10.9. The number of ether oxygens (including phenoxy) is 1. The Morgan fingerprint density at radius 2 is 1.84 bits per heavy atom. The highest BCUT2D eigenvalue weighted by Gasteiger charge is 2.51. The van der Waals surface area contributed by atoms with Crippen LogP contribution in [-0.2, 0) is 14.3 Å². The molecule has 4 rings (SSSR count). The van der Waals surface area contributed by atoms with Crippen LogP contribution in [0.15, 0.2) is 30.3 Å². The van der Waals surface area contributed by atoms with Crippen LogP contribution in [0.2, 0.25) is 0 Å². The summed E-state index contributed by atoms with van der Waals surface area (Å²) in [5.74, 6) is -2.42. The van der Waals surface area contributed by atoms with Crippen LogP contribution in [-0.4, -0.2) is 76.9 Å². The van der Waals surface area contributed by atoms with Crippen LogP contribution in [0.25, 0.3) is 0 Å². The van der Waals surface area contributed by atoms with Crippen molar-refractivity contribution >= 4 is 17.9 Å². The Kier molecular flexibility index (Phi) is 6.43. The van der Waals surface area contributed by atoms with Crippen molar-refractivity contribution in [2.45, 2.75) is 31.2 Å². The highest BCUT2D eigenvalue weighted by Crippen LogP contribution is 2.39. The molecule has 1 aromatic carbocycles. The molecule has 0 aliphatic carbocycles. The first-order valence-corrected chi connectivity index (χ1v) is 10.9. The number of nitrogens with one attached hydrogen (secondary N) is 1. The summed E-state index contributed by atoms with van der Waals surface area (Å²) in [6.07, 6.45) is 0.592. The average molecular weight is 431 g/mol. The van der Waals surface area contributed by atoms with E-state index in [1.807, 2.05) is 18.2 Å². The molecule has 3 N–H and O–H groups in total. The molecule has 1 unspecified atom stereocenters. The fourth-order valence-corrected chi connectivity index (χ4v) is 5.51. The lowest BCUT2D eigenvalue weighted by molar-refractivity contribution is -0.151. The second-order valence-electron chi connectivity index (χ2n) is 8.67. The number of benzene rings is 1. The van der Waals surface area contributed by atoms with Crippen molar-refractivity contribution in [3.05, 3.63) is 35.9 Å². The Bertz CT molecular complexity index is 813. The van der Waals surface area contributed by atoms with Crippen molar-refractivity contribution < 1.29 is 29.4 Å². The van der Waals surface area contributed by atoms with Crippen LogP contribution in [0, 0.1) is 17.8 Å². The normalized spacial score (nSPS) is 30.9. The Balaban J connectivity index is 1.56. The molecule has 9 nitrogen and oxygen atoms in total. The average Bonchev–Trinajstić information content (AvgIpc) is 3.50. The Morgan fingerprint density at radius 1 is 1.06 bits per heavy atom. The number of amides is 3. The summed E-state index contributed by atoms with van der Waals surface area (Å²) in [7, 11) is 0. The number of carbonyl (C=O) groups is 3. The Morgan fingerprint density at radius 3 is 2.48 bits per heavy atom. The lowest BCUT2D eigenvalue weighted by Crippen LogP contribution is -2.61. The van der Waals surface area contributed by atoms with Crippen LogP contribution in [0.1, 0.15) is 30.7 Å². The lowest BCUT2D eigenvalue weighted by atomic mass is 9.73. The zero-order valence-corrected chi connectivity index (χ0v) is 17.4. The molecule has 5 atom stereocenters. The highest BCUT2D eigenvalue weighted by atomic mass is 16.5. The molecule has 0 aromatic heterocycles. The standard InChI is InChI=1S/C22H29N3O6/c26-20(23-30)18-17(7-10-25(22(28)29)19(18)16-8-11-31-13-16)21(27)24-9-6-15(12-24)14-4-2-1-3-5-14/h1-5,15-19,30H,6-13H2,(H,23,26)(H,28,29)/t15-,16-,17-,18+,19?/m0/s1. The number of hydrogen-bond donors (Lipinski definition) is 3. The highest BCUT2D eigenvalue weighted by molar-refractivity contribution is 5.89. The van der Waals surface area contributed by atoms with E-state index in [1.54, 1.807) is 10.4 Å². The molecule has 3 aliphatic rings. The minimum atomic E-state index is -1.12. The first-order chi connectivity index (χ1) is 15.0. The Labute approximate surface area is 180 Å². The van der Waals surface area contributed by atoms with Crippen molar-refractivity contribution in [3.63, 3.8) is 0 Å². The largest absolute Gasteiger partial charge is 0.465 e. The number of carbonyl (C=O) groups excluding carboxylic acids is 2. The van der Waals surface area contributed by atoms with E-state index in [9.17, 15) is 24.7 Å². The fourth-order valence-electron chi connectivity index (χ4n) is 5.51. The fraction of sp³-hybridized carbons (Fsp3) is 0.591. The van der Waals surface area contributed by atoms with Gasteiger partial charge in [0.1, 0.15) is 0 Å². The van der Waals surface area contributed by atoms with Gasteiger partial charge >= 0.3 is 6.09 Å². The predicted molar refractivity (Wildman–Crippen MR) is 109 cm³/mol. The Hall–Kier alpha value is -2.65. The number of carboxylic acid groups (broad SMARTS) is 1. The van der Waals surface area contributed by atoms with E-state index in [2.05, 4.69) is 12.1 Å². The maximum atomic E-state index is 13.5. The molecule has 31 heavy (non-hydrogen) atoms. The van der Waals surface area contributed by atoms with E-state index in [1.165, 1.54) is 10.5 Å². The SMILES string of the molecule is O=C(NO)[C@H]1C([C@H]2CCOC2)N(C(=O)O)CC[C@@H]1C(=O)N1CC[C@H](c2ccccc2)C1. The van der Waals surface area contributed by atoms with Gasteiger partial charge in [0.25, 0.3) is 0 Å². The maximum absolute atomic E-state index is 13.5. The van der Waals surface area contributed by atoms with Crippen molar-refractivity contribution in [3.8, 4) is 0 Å². The molecule has 3 heterocycles. The van der Waals surface area contributed by atoms with Gasteiger partial charge in [-0.15, -0.1) is 0 Å². The summed E-state index contributed by atoms with van der Waals surface area (Å²) in [6, 6.07) is 9.34. The third-order valence-electron chi connectivity index (χ3n) is 7.04. The lowest BCUT2D eigenvalue weighted by Gasteiger charge is -2.45. The van der Waals surface area contributed by atoms with E-state index in [0.717, 1.165) is 6.42 Å². The molecule has 3 amide bonds. The smallest absolute Gasteiger partial charge is 0.407 e. The summed E-state index contributed by atoms with van der Waals surface area (Å²) in [4.78, 5) is 41.2. The quantitative estimate of drug-likeness (QED) is 0.491. The van der Waals surface area contributed by atoms with E-state index in [-0.39, 0.29) is 30.7 Å². The van der Waals surface area contributed by atoms with Crippen molar-refractivity contribution in [2.24, 2.45) is 17.8 Å². The summed E-state index contributed by atoms with van der Waals surface area (Å²) in [6.45, 7) is 2.18. The molecule has 9 heteroatoms. The van der Waals surface area contributed by atoms with E-state index < -0.39 is 29.9 Å². The molecular formula is C22H29N3O6. The number of hydroxylamine groups is 1. The van der Waals surface area contributed by atoms with Crippen molar-refractivity contribution in [2.75, 3.05) is 32.8 Å². The number of rotatable bonds is 4. The van der Waals surface area contributed by atoms with Crippen LogP contribution in [0.4, 0.5) is 4.79 Å². The van der Waals surface area contributed by atoms with Gasteiger partial charge < -0.3 is 19.6 Å². The molecule has 3 aliphatic heterocycles. The molecule has 0 spiro atoms. The predicted octanol–water partition coefficient (Wildman–Crippen LogP) is 1.53. The number of hydrogen-bond acceptors (Lipinski definition) is 5. The van der Waals surface area contributed by atoms with Gasteiger partial charge in [0.15, 0.2) is 0 Å².